The standard InChI is InChI=1S/C14H27ClO/c1-3-13-6-4-5-7-14(13)16-11-9-12(2)8-10-15/h12-14H,3-11H2,1-2H3. The van der Waals surface area contributed by atoms with Crippen LogP contribution in [0.2, 0.25) is 0 Å². The third-order valence-electron chi connectivity index (χ3n) is 3.91. The minimum atomic E-state index is 0.543. The van der Waals surface area contributed by atoms with E-state index in [4.69, 9.17) is 16.3 Å². The van der Waals surface area contributed by atoms with Crippen molar-refractivity contribution in [2.24, 2.45) is 11.8 Å². The van der Waals surface area contributed by atoms with E-state index in [-0.39, 0.29) is 0 Å². The van der Waals surface area contributed by atoms with Gasteiger partial charge in [-0.2, -0.15) is 0 Å². The van der Waals surface area contributed by atoms with Gasteiger partial charge >= 0.3 is 0 Å². The Labute approximate surface area is 106 Å². The quantitative estimate of drug-likeness (QED) is 0.596. The van der Waals surface area contributed by atoms with Crippen LogP contribution in [0.4, 0.5) is 0 Å². The molecule has 3 unspecified atom stereocenters. The molecular weight excluding hydrogens is 220 g/mol. The topological polar surface area (TPSA) is 9.23 Å². The molecule has 0 N–H and O–H groups in total. The number of rotatable bonds is 7. The minimum absolute atomic E-state index is 0.543. The van der Waals surface area contributed by atoms with Crippen molar-refractivity contribution in [2.75, 3.05) is 12.5 Å². The first kappa shape index (κ1) is 14.3. The fourth-order valence-corrected chi connectivity index (χ4v) is 2.98. The number of alkyl halides is 1. The van der Waals surface area contributed by atoms with Crippen LogP contribution in [0.5, 0.6) is 0 Å². The van der Waals surface area contributed by atoms with Crippen molar-refractivity contribution < 1.29 is 4.74 Å². The highest BCUT2D eigenvalue weighted by Gasteiger charge is 2.23. The van der Waals surface area contributed by atoms with Crippen LogP contribution in [0, 0.1) is 11.8 Å². The van der Waals surface area contributed by atoms with Gasteiger partial charge in [0.1, 0.15) is 0 Å². The summed E-state index contributed by atoms with van der Waals surface area (Å²) >= 11 is 5.73. The zero-order valence-corrected chi connectivity index (χ0v) is 11.6. The molecule has 1 saturated carbocycles. The maximum Gasteiger partial charge on any atom is 0.0603 e. The van der Waals surface area contributed by atoms with E-state index in [2.05, 4.69) is 13.8 Å². The predicted molar refractivity (Wildman–Crippen MR) is 71.1 cm³/mol. The largest absolute Gasteiger partial charge is 0.378 e. The van der Waals surface area contributed by atoms with E-state index in [9.17, 15) is 0 Å². The highest BCUT2D eigenvalue weighted by molar-refractivity contribution is 6.17. The van der Waals surface area contributed by atoms with Gasteiger partial charge < -0.3 is 4.74 Å². The zero-order valence-electron chi connectivity index (χ0n) is 10.9. The van der Waals surface area contributed by atoms with Gasteiger partial charge in [0, 0.05) is 12.5 Å². The van der Waals surface area contributed by atoms with Crippen LogP contribution in [-0.4, -0.2) is 18.6 Å². The molecule has 0 aromatic rings. The average Bonchev–Trinajstić information content (AvgIpc) is 2.30. The first-order valence-corrected chi connectivity index (χ1v) is 7.49. The van der Waals surface area contributed by atoms with Crippen LogP contribution in [0.3, 0.4) is 0 Å². The summed E-state index contributed by atoms with van der Waals surface area (Å²) in [6.45, 7) is 5.49. The van der Waals surface area contributed by atoms with Crippen molar-refractivity contribution in [1.29, 1.82) is 0 Å². The average molecular weight is 247 g/mol. The SMILES string of the molecule is CCC1CCCCC1OCCC(C)CCCl. The molecule has 0 spiro atoms. The first-order chi connectivity index (χ1) is 7.77. The third-order valence-corrected chi connectivity index (χ3v) is 4.13. The minimum Gasteiger partial charge on any atom is -0.378 e. The molecule has 1 fully saturated rings. The smallest absolute Gasteiger partial charge is 0.0603 e. The Morgan fingerprint density at radius 2 is 2.00 bits per heavy atom. The molecule has 16 heavy (non-hydrogen) atoms. The Bertz CT molecular complexity index is 172. The summed E-state index contributed by atoms with van der Waals surface area (Å²) in [5.74, 6) is 2.31. The summed E-state index contributed by atoms with van der Waals surface area (Å²) in [7, 11) is 0. The molecule has 0 aromatic carbocycles. The maximum atomic E-state index is 6.06. The third kappa shape index (κ3) is 5.05. The lowest BCUT2D eigenvalue weighted by Gasteiger charge is -2.31. The molecule has 1 aliphatic carbocycles. The zero-order chi connectivity index (χ0) is 11.8. The van der Waals surface area contributed by atoms with Crippen LogP contribution >= 0.6 is 11.6 Å². The molecule has 0 bridgehead atoms. The van der Waals surface area contributed by atoms with Crippen LogP contribution in [-0.2, 0) is 4.74 Å². The van der Waals surface area contributed by atoms with Gasteiger partial charge in [0.05, 0.1) is 6.10 Å². The van der Waals surface area contributed by atoms with Gasteiger partial charge in [0.15, 0.2) is 0 Å². The van der Waals surface area contributed by atoms with E-state index in [1.54, 1.807) is 0 Å². The van der Waals surface area contributed by atoms with Gasteiger partial charge in [0.2, 0.25) is 0 Å². The fourth-order valence-electron chi connectivity index (χ4n) is 2.61. The van der Waals surface area contributed by atoms with Crippen molar-refractivity contribution in [1.82, 2.24) is 0 Å². The molecule has 1 aliphatic rings. The van der Waals surface area contributed by atoms with Gasteiger partial charge in [-0.1, -0.05) is 33.1 Å². The number of halogens is 1. The Balaban J connectivity index is 2.15. The maximum absolute atomic E-state index is 6.06. The summed E-state index contributed by atoms with van der Waals surface area (Å²) in [6.07, 6.45) is 9.52. The van der Waals surface area contributed by atoms with Gasteiger partial charge in [-0.25, -0.2) is 0 Å². The second-order valence-electron chi connectivity index (χ2n) is 5.23. The molecule has 0 heterocycles. The lowest BCUT2D eigenvalue weighted by Crippen LogP contribution is -2.28. The molecule has 0 aliphatic heterocycles. The van der Waals surface area contributed by atoms with E-state index < -0.39 is 0 Å². The van der Waals surface area contributed by atoms with Gasteiger partial charge in [0.25, 0.3) is 0 Å². The Morgan fingerprint density at radius 1 is 1.25 bits per heavy atom. The summed E-state index contributed by atoms with van der Waals surface area (Å²) in [4.78, 5) is 0. The van der Waals surface area contributed by atoms with Crippen LogP contribution < -0.4 is 0 Å². The number of hydrogen-bond acceptors (Lipinski definition) is 1. The van der Waals surface area contributed by atoms with Crippen molar-refractivity contribution >= 4 is 11.6 Å². The molecule has 0 amide bonds. The van der Waals surface area contributed by atoms with Crippen LogP contribution in [0.25, 0.3) is 0 Å². The van der Waals surface area contributed by atoms with E-state index in [0.717, 1.165) is 24.8 Å². The second kappa shape index (κ2) is 8.36. The van der Waals surface area contributed by atoms with E-state index in [0.29, 0.717) is 12.0 Å². The number of hydrogen-bond donors (Lipinski definition) is 0. The second-order valence-corrected chi connectivity index (χ2v) is 5.61. The molecule has 96 valence electrons. The molecule has 1 nitrogen and oxygen atoms in total. The van der Waals surface area contributed by atoms with Gasteiger partial charge in [-0.15, -0.1) is 11.6 Å². The Morgan fingerprint density at radius 3 is 2.69 bits per heavy atom. The van der Waals surface area contributed by atoms with Crippen LogP contribution in [0.15, 0.2) is 0 Å². The van der Waals surface area contributed by atoms with Crippen LogP contribution in [0.1, 0.15) is 58.8 Å². The molecule has 1 rings (SSSR count). The molecule has 0 aromatic heterocycles. The molecule has 0 radical (unpaired) electrons. The Kier molecular flexibility index (Phi) is 7.47. The van der Waals surface area contributed by atoms with Gasteiger partial charge in [-0.05, 0) is 37.5 Å². The molecular formula is C14H27ClO. The summed E-state index contributed by atoms with van der Waals surface area (Å²) in [5, 5.41) is 0. The number of ether oxygens (including phenoxy) is 1. The normalized spacial score (nSPS) is 27.9. The lowest BCUT2D eigenvalue weighted by molar-refractivity contribution is -0.0166. The van der Waals surface area contributed by atoms with Crippen molar-refractivity contribution in [2.45, 2.75) is 64.9 Å². The summed E-state index contributed by atoms with van der Waals surface area (Å²) in [5.41, 5.74) is 0. The monoisotopic (exact) mass is 246 g/mol. The van der Waals surface area contributed by atoms with Crippen molar-refractivity contribution in [3.05, 3.63) is 0 Å². The summed E-state index contributed by atoms with van der Waals surface area (Å²) in [6, 6.07) is 0. The van der Waals surface area contributed by atoms with Crippen molar-refractivity contribution in [3.8, 4) is 0 Å². The molecule has 2 heteroatoms. The summed E-state index contributed by atoms with van der Waals surface area (Å²) < 4.78 is 6.06. The first-order valence-electron chi connectivity index (χ1n) is 6.95. The fraction of sp³-hybridized carbons (Fsp3) is 1.00. The van der Waals surface area contributed by atoms with Crippen molar-refractivity contribution in [3.63, 3.8) is 0 Å². The highest BCUT2D eigenvalue weighted by Crippen LogP contribution is 2.29. The van der Waals surface area contributed by atoms with E-state index >= 15 is 0 Å². The van der Waals surface area contributed by atoms with E-state index in [1.165, 1.54) is 38.5 Å². The molecule has 0 saturated heterocycles. The Hall–Kier alpha value is 0.250. The highest BCUT2D eigenvalue weighted by atomic mass is 35.5. The predicted octanol–water partition coefficient (Wildman–Crippen LogP) is 4.63. The lowest BCUT2D eigenvalue weighted by atomic mass is 9.85. The van der Waals surface area contributed by atoms with E-state index in [1.807, 2.05) is 0 Å². The molecule has 3 atom stereocenters. The van der Waals surface area contributed by atoms with Gasteiger partial charge in [-0.3, -0.25) is 0 Å².